The summed E-state index contributed by atoms with van der Waals surface area (Å²) in [6, 6.07) is 20.6. The van der Waals surface area contributed by atoms with Gasteiger partial charge in [0.25, 0.3) is 0 Å². The van der Waals surface area contributed by atoms with Gasteiger partial charge in [-0.25, -0.2) is 4.79 Å². The molecule has 2 aromatic rings. The fraction of sp³-hybridized carbons (Fsp3) is 0.500. The van der Waals surface area contributed by atoms with Crippen LogP contribution in [-0.2, 0) is 10.2 Å². The van der Waals surface area contributed by atoms with Crippen LogP contribution in [0.5, 0.6) is 0 Å². The minimum absolute atomic E-state index is 0.173. The number of amides is 1. The molecule has 1 spiro atoms. The molecule has 1 saturated heterocycles. The van der Waals surface area contributed by atoms with Gasteiger partial charge in [0.2, 0.25) is 0 Å². The van der Waals surface area contributed by atoms with Crippen molar-refractivity contribution in [2.75, 3.05) is 13.1 Å². The summed E-state index contributed by atoms with van der Waals surface area (Å²) in [4.78, 5) is 14.4. The lowest BCUT2D eigenvalue weighted by Crippen LogP contribution is -2.85. The van der Waals surface area contributed by atoms with Crippen molar-refractivity contribution in [2.24, 2.45) is 0 Å². The molecule has 2 atom stereocenters. The highest BCUT2D eigenvalue weighted by atomic mass is 16.6. The third kappa shape index (κ3) is 4.24. The maximum Gasteiger partial charge on any atom is 0.410 e. The zero-order valence-corrected chi connectivity index (χ0v) is 18.7. The largest absolute Gasteiger partial charge is 0.444 e. The lowest BCUT2D eigenvalue weighted by Gasteiger charge is -2.40. The molecule has 2 N–H and O–H groups in total. The minimum atomic E-state index is -0.445. The SMILES string of the molecule is C[C@H]([NH2+][C@H]1CC2(CCN(C(=O)OC(C)(C)C)CC2)c2ccccc21)c1ccccc1. The van der Waals surface area contributed by atoms with Gasteiger partial charge >= 0.3 is 6.09 Å². The normalized spacial score (nSPS) is 21.3. The molecule has 4 heteroatoms. The number of carbonyl (C=O) groups excluding carboxylic acids is 1. The zero-order valence-electron chi connectivity index (χ0n) is 18.7. The molecule has 4 nitrogen and oxygen atoms in total. The number of piperidine rings is 1. The molecule has 0 unspecified atom stereocenters. The van der Waals surface area contributed by atoms with Gasteiger partial charge in [-0.15, -0.1) is 0 Å². The summed E-state index contributed by atoms with van der Waals surface area (Å²) in [6.07, 6.45) is 2.98. The average molecular weight is 408 g/mol. The molecule has 4 rings (SSSR count). The van der Waals surface area contributed by atoms with Gasteiger partial charge in [-0.1, -0.05) is 54.6 Å². The first-order chi connectivity index (χ1) is 14.3. The van der Waals surface area contributed by atoms with Gasteiger partial charge in [0.15, 0.2) is 0 Å². The van der Waals surface area contributed by atoms with Crippen LogP contribution in [0.2, 0.25) is 0 Å². The number of carbonyl (C=O) groups is 1. The highest BCUT2D eigenvalue weighted by Crippen LogP contribution is 2.49. The Hall–Kier alpha value is -2.33. The molecule has 0 saturated carbocycles. The monoisotopic (exact) mass is 407 g/mol. The Morgan fingerprint density at radius 2 is 1.70 bits per heavy atom. The Morgan fingerprint density at radius 1 is 1.07 bits per heavy atom. The summed E-state index contributed by atoms with van der Waals surface area (Å²) in [7, 11) is 0. The van der Waals surface area contributed by atoms with Crippen molar-refractivity contribution < 1.29 is 14.8 Å². The van der Waals surface area contributed by atoms with Crippen LogP contribution in [0.4, 0.5) is 4.79 Å². The molecule has 1 amide bonds. The van der Waals surface area contributed by atoms with Crippen LogP contribution in [0.25, 0.3) is 0 Å². The van der Waals surface area contributed by atoms with Crippen molar-refractivity contribution in [3.05, 3.63) is 71.3 Å². The molecule has 1 heterocycles. The fourth-order valence-corrected chi connectivity index (χ4v) is 5.25. The topological polar surface area (TPSA) is 46.2 Å². The Morgan fingerprint density at radius 3 is 2.37 bits per heavy atom. The Kier molecular flexibility index (Phi) is 5.63. The fourth-order valence-electron chi connectivity index (χ4n) is 5.25. The summed E-state index contributed by atoms with van der Waals surface area (Å²) in [5, 5.41) is 2.53. The Balaban J connectivity index is 1.49. The van der Waals surface area contributed by atoms with Crippen molar-refractivity contribution in [3.8, 4) is 0 Å². The second-order valence-electron chi connectivity index (χ2n) is 10.0. The number of hydrogen-bond donors (Lipinski definition) is 1. The molecule has 30 heavy (non-hydrogen) atoms. The highest BCUT2D eigenvalue weighted by molar-refractivity contribution is 5.68. The predicted octanol–water partition coefficient (Wildman–Crippen LogP) is 4.72. The highest BCUT2D eigenvalue weighted by Gasteiger charge is 2.48. The van der Waals surface area contributed by atoms with Crippen LogP contribution in [0.3, 0.4) is 0 Å². The van der Waals surface area contributed by atoms with Crippen LogP contribution in [-0.4, -0.2) is 29.7 Å². The number of quaternary nitrogens is 1. The summed E-state index contributed by atoms with van der Waals surface area (Å²) in [5.74, 6) is 0. The second kappa shape index (κ2) is 8.07. The third-order valence-electron chi connectivity index (χ3n) is 6.76. The number of rotatable bonds is 3. The van der Waals surface area contributed by atoms with E-state index in [-0.39, 0.29) is 11.5 Å². The van der Waals surface area contributed by atoms with Gasteiger partial charge in [-0.2, -0.15) is 0 Å². The Bertz CT molecular complexity index is 879. The predicted molar refractivity (Wildman–Crippen MR) is 119 cm³/mol. The molecule has 0 aromatic heterocycles. The van der Waals surface area contributed by atoms with E-state index in [1.807, 2.05) is 25.7 Å². The van der Waals surface area contributed by atoms with Crippen LogP contribution in [0, 0.1) is 0 Å². The van der Waals surface area contributed by atoms with Crippen molar-refractivity contribution >= 4 is 6.09 Å². The van der Waals surface area contributed by atoms with E-state index in [1.165, 1.54) is 16.7 Å². The number of benzene rings is 2. The maximum absolute atomic E-state index is 12.5. The molecule has 1 fully saturated rings. The first kappa shape index (κ1) is 20.9. The zero-order chi connectivity index (χ0) is 21.4. The second-order valence-corrected chi connectivity index (χ2v) is 10.0. The number of hydrogen-bond acceptors (Lipinski definition) is 2. The van der Waals surface area contributed by atoms with E-state index in [2.05, 4.69) is 66.8 Å². The molecular formula is C26H35N2O2+. The first-order valence-corrected chi connectivity index (χ1v) is 11.2. The maximum atomic E-state index is 12.5. The lowest BCUT2D eigenvalue weighted by atomic mass is 9.73. The molecule has 0 radical (unpaired) electrons. The van der Waals surface area contributed by atoms with Gasteiger partial charge in [0.1, 0.15) is 17.7 Å². The molecule has 1 aliphatic heterocycles. The summed E-state index contributed by atoms with van der Waals surface area (Å²) >= 11 is 0. The standard InChI is InChI=1S/C26H34N2O2/c1-19(20-10-6-5-7-11-20)27-23-18-26(22-13-9-8-12-21(22)23)14-16-28(17-15-26)24(29)30-25(2,3)4/h5-13,19,23,27H,14-18H2,1-4H3/p+1/t19-,23-/m0/s1. The van der Waals surface area contributed by atoms with Crippen LogP contribution >= 0.6 is 0 Å². The van der Waals surface area contributed by atoms with Gasteiger partial charge < -0.3 is 15.0 Å². The first-order valence-electron chi connectivity index (χ1n) is 11.2. The van der Waals surface area contributed by atoms with Gasteiger partial charge in [-0.05, 0) is 46.1 Å². The van der Waals surface area contributed by atoms with E-state index < -0.39 is 5.60 Å². The third-order valence-corrected chi connectivity index (χ3v) is 6.76. The lowest BCUT2D eigenvalue weighted by molar-refractivity contribution is -0.731. The van der Waals surface area contributed by atoms with Crippen molar-refractivity contribution in [2.45, 2.75) is 70.1 Å². The molecule has 160 valence electrons. The Labute approximate surface area is 180 Å². The summed E-state index contributed by atoms with van der Waals surface area (Å²) in [5.41, 5.74) is 4.07. The van der Waals surface area contributed by atoms with E-state index in [0.717, 1.165) is 32.4 Å². The minimum Gasteiger partial charge on any atom is -0.444 e. The molecule has 2 aliphatic rings. The molecule has 1 aliphatic carbocycles. The van der Waals surface area contributed by atoms with E-state index in [1.54, 1.807) is 0 Å². The van der Waals surface area contributed by atoms with E-state index in [4.69, 9.17) is 4.74 Å². The van der Waals surface area contributed by atoms with E-state index in [9.17, 15) is 4.79 Å². The number of nitrogens with two attached hydrogens (primary N) is 1. The molecular weight excluding hydrogens is 372 g/mol. The molecule has 0 bridgehead atoms. The van der Waals surface area contributed by atoms with Crippen molar-refractivity contribution in [1.29, 1.82) is 0 Å². The molecule has 2 aromatic carbocycles. The number of ether oxygens (including phenoxy) is 1. The van der Waals surface area contributed by atoms with Crippen molar-refractivity contribution in [1.82, 2.24) is 4.90 Å². The van der Waals surface area contributed by atoms with Gasteiger partial charge in [-0.3, -0.25) is 0 Å². The van der Waals surface area contributed by atoms with E-state index in [0.29, 0.717) is 12.1 Å². The van der Waals surface area contributed by atoms with Crippen LogP contribution in [0.1, 0.15) is 75.7 Å². The smallest absolute Gasteiger partial charge is 0.410 e. The summed E-state index contributed by atoms with van der Waals surface area (Å²) in [6.45, 7) is 9.62. The van der Waals surface area contributed by atoms with Crippen LogP contribution < -0.4 is 5.32 Å². The number of nitrogens with zero attached hydrogens (tertiary/aromatic N) is 1. The quantitative estimate of drug-likeness (QED) is 0.800. The van der Waals surface area contributed by atoms with Gasteiger partial charge in [0, 0.05) is 36.1 Å². The van der Waals surface area contributed by atoms with Crippen LogP contribution in [0.15, 0.2) is 54.6 Å². The number of fused-ring (bicyclic) bond motifs is 2. The average Bonchev–Trinajstić information content (AvgIpc) is 3.01. The van der Waals surface area contributed by atoms with Crippen molar-refractivity contribution in [3.63, 3.8) is 0 Å². The van der Waals surface area contributed by atoms with E-state index >= 15 is 0 Å². The summed E-state index contributed by atoms with van der Waals surface area (Å²) < 4.78 is 5.60. The number of likely N-dealkylation sites (tertiary alicyclic amines) is 1. The van der Waals surface area contributed by atoms with Gasteiger partial charge in [0.05, 0.1) is 0 Å².